The average Bonchev–Trinajstić information content (AvgIpc) is 2.65. The van der Waals surface area contributed by atoms with Crippen LogP contribution in [0, 0.1) is 0 Å². The van der Waals surface area contributed by atoms with Crippen LogP contribution in [0.2, 0.25) is 5.02 Å². The average molecular weight is 317 g/mol. The molecule has 1 N–H and O–H groups in total. The highest BCUT2D eigenvalue weighted by molar-refractivity contribution is 9.11. The minimum Gasteiger partial charge on any atom is -0.378 e. The van der Waals surface area contributed by atoms with Crippen LogP contribution >= 0.6 is 38.9 Å². The molecule has 16 heavy (non-hydrogen) atoms. The molecule has 1 atom stereocenters. The van der Waals surface area contributed by atoms with Crippen LogP contribution in [-0.2, 0) is 0 Å². The van der Waals surface area contributed by atoms with Crippen LogP contribution < -0.4 is 5.32 Å². The number of hydrogen-bond acceptors (Lipinski definition) is 2. The van der Waals surface area contributed by atoms with E-state index < -0.39 is 0 Å². The number of thiophene rings is 1. The first-order valence-electron chi connectivity index (χ1n) is 4.92. The maximum Gasteiger partial charge on any atom is 0.0702 e. The lowest BCUT2D eigenvalue weighted by atomic mass is 10.2. The molecule has 84 valence electrons. The van der Waals surface area contributed by atoms with E-state index in [1.54, 1.807) is 11.3 Å². The van der Waals surface area contributed by atoms with E-state index in [0.29, 0.717) is 0 Å². The zero-order valence-corrected chi connectivity index (χ0v) is 11.9. The molecule has 0 bridgehead atoms. The molecule has 0 saturated carbocycles. The smallest absolute Gasteiger partial charge is 0.0702 e. The number of halogens is 2. The van der Waals surface area contributed by atoms with E-state index in [-0.39, 0.29) is 6.04 Å². The summed E-state index contributed by atoms with van der Waals surface area (Å²) in [6.07, 6.45) is 0. The van der Waals surface area contributed by atoms with Crippen LogP contribution in [0.3, 0.4) is 0 Å². The van der Waals surface area contributed by atoms with Gasteiger partial charge >= 0.3 is 0 Å². The van der Waals surface area contributed by atoms with Crippen molar-refractivity contribution in [3.63, 3.8) is 0 Å². The summed E-state index contributed by atoms with van der Waals surface area (Å²) in [5.74, 6) is 0. The Bertz CT molecular complexity index is 483. The molecule has 0 fully saturated rings. The molecule has 2 rings (SSSR count). The van der Waals surface area contributed by atoms with Gasteiger partial charge in [0.15, 0.2) is 0 Å². The topological polar surface area (TPSA) is 12.0 Å². The van der Waals surface area contributed by atoms with Crippen molar-refractivity contribution in [3.05, 3.63) is 50.1 Å². The molecule has 0 radical (unpaired) electrons. The second-order valence-electron chi connectivity index (χ2n) is 3.52. The fraction of sp³-hybridized carbons (Fsp3) is 0.167. The summed E-state index contributed by atoms with van der Waals surface area (Å²) >= 11 is 11.1. The molecule has 0 saturated heterocycles. The Morgan fingerprint density at radius 2 is 2.12 bits per heavy atom. The van der Waals surface area contributed by atoms with Crippen molar-refractivity contribution in [3.8, 4) is 0 Å². The van der Waals surface area contributed by atoms with Crippen molar-refractivity contribution in [1.29, 1.82) is 0 Å². The number of hydrogen-bond donors (Lipinski definition) is 1. The molecule has 1 heterocycles. The summed E-state index contributed by atoms with van der Waals surface area (Å²) in [7, 11) is 0. The van der Waals surface area contributed by atoms with E-state index in [9.17, 15) is 0 Å². The van der Waals surface area contributed by atoms with Gasteiger partial charge in [-0.05, 0) is 53.2 Å². The first kappa shape index (κ1) is 12.0. The Kier molecular flexibility index (Phi) is 3.90. The highest BCUT2D eigenvalue weighted by Gasteiger charge is 2.07. The Morgan fingerprint density at radius 1 is 1.31 bits per heavy atom. The Morgan fingerprint density at radius 3 is 2.75 bits per heavy atom. The van der Waals surface area contributed by atoms with E-state index in [1.807, 2.05) is 24.3 Å². The van der Waals surface area contributed by atoms with Crippen molar-refractivity contribution in [1.82, 2.24) is 0 Å². The molecular weight excluding hydrogens is 306 g/mol. The molecule has 1 aromatic carbocycles. The van der Waals surface area contributed by atoms with Crippen LogP contribution in [0.15, 0.2) is 40.2 Å². The summed E-state index contributed by atoms with van der Waals surface area (Å²) in [6, 6.07) is 12.2. The predicted molar refractivity (Wildman–Crippen MR) is 75.5 cm³/mol. The highest BCUT2D eigenvalue weighted by Crippen LogP contribution is 2.29. The van der Waals surface area contributed by atoms with Crippen molar-refractivity contribution in [2.75, 3.05) is 5.32 Å². The Labute approximate surface area is 113 Å². The summed E-state index contributed by atoms with van der Waals surface area (Å²) in [5, 5.41) is 4.17. The summed E-state index contributed by atoms with van der Waals surface area (Å²) < 4.78 is 1.15. The van der Waals surface area contributed by atoms with E-state index in [0.717, 1.165) is 14.5 Å². The van der Waals surface area contributed by atoms with Crippen LogP contribution in [0.5, 0.6) is 0 Å². The van der Waals surface area contributed by atoms with Gasteiger partial charge < -0.3 is 5.32 Å². The van der Waals surface area contributed by atoms with Crippen molar-refractivity contribution in [2.24, 2.45) is 0 Å². The van der Waals surface area contributed by atoms with Gasteiger partial charge in [0.25, 0.3) is 0 Å². The number of rotatable bonds is 3. The molecule has 0 aliphatic rings. The van der Waals surface area contributed by atoms with E-state index in [4.69, 9.17) is 11.6 Å². The number of anilines is 1. The van der Waals surface area contributed by atoms with Crippen LogP contribution in [0.1, 0.15) is 17.8 Å². The minimum absolute atomic E-state index is 0.287. The lowest BCUT2D eigenvalue weighted by Crippen LogP contribution is -2.04. The zero-order valence-electron chi connectivity index (χ0n) is 8.71. The fourth-order valence-electron chi connectivity index (χ4n) is 1.46. The zero-order chi connectivity index (χ0) is 11.5. The maximum absolute atomic E-state index is 5.93. The van der Waals surface area contributed by atoms with Crippen LogP contribution in [0.25, 0.3) is 0 Å². The quantitative estimate of drug-likeness (QED) is 0.806. The van der Waals surface area contributed by atoms with Gasteiger partial charge in [-0.1, -0.05) is 17.7 Å². The van der Waals surface area contributed by atoms with Gasteiger partial charge in [-0.15, -0.1) is 11.3 Å². The standard InChI is InChI=1S/C12H11BrClNS/c1-8(11-5-6-12(13)16-11)15-10-4-2-3-9(14)7-10/h2-8,15H,1H3. The molecule has 0 spiro atoms. The van der Waals surface area contributed by atoms with Crippen molar-refractivity contribution >= 4 is 44.6 Å². The largest absolute Gasteiger partial charge is 0.378 e. The normalized spacial score (nSPS) is 12.4. The van der Waals surface area contributed by atoms with Gasteiger partial charge in [-0.2, -0.15) is 0 Å². The second-order valence-corrected chi connectivity index (χ2v) is 6.45. The van der Waals surface area contributed by atoms with Gasteiger partial charge in [0.1, 0.15) is 0 Å². The lowest BCUT2D eigenvalue weighted by molar-refractivity contribution is 0.908. The third-order valence-electron chi connectivity index (χ3n) is 2.23. The summed E-state index contributed by atoms with van der Waals surface area (Å²) in [4.78, 5) is 1.30. The van der Waals surface area contributed by atoms with Crippen LogP contribution in [-0.4, -0.2) is 0 Å². The third-order valence-corrected chi connectivity index (χ3v) is 4.27. The van der Waals surface area contributed by atoms with Gasteiger partial charge in [0.2, 0.25) is 0 Å². The summed E-state index contributed by atoms with van der Waals surface area (Å²) in [6.45, 7) is 2.14. The number of benzene rings is 1. The molecule has 0 aliphatic heterocycles. The Balaban J connectivity index is 2.10. The summed E-state index contributed by atoms with van der Waals surface area (Å²) in [5.41, 5.74) is 1.05. The monoisotopic (exact) mass is 315 g/mol. The highest BCUT2D eigenvalue weighted by atomic mass is 79.9. The van der Waals surface area contributed by atoms with Gasteiger partial charge in [-0.25, -0.2) is 0 Å². The van der Waals surface area contributed by atoms with Gasteiger partial charge in [0, 0.05) is 15.6 Å². The molecule has 2 aromatic rings. The first-order chi connectivity index (χ1) is 7.65. The van der Waals surface area contributed by atoms with E-state index in [1.165, 1.54) is 4.88 Å². The molecular formula is C12H11BrClNS. The SMILES string of the molecule is CC(Nc1cccc(Cl)c1)c1ccc(Br)s1. The number of nitrogens with one attached hydrogen (secondary N) is 1. The lowest BCUT2D eigenvalue weighted by Gasteiger charge is -2.13. The van der Waals surface area contributed by atoms with Crippen molar-refractivity contribution < 1.29 is 0 Å². The molecule has 4 heteroatoms. The predicted octanol–water partition coefficient (Wildman–Crippen LogP) is 5.34. The third kappa shape index (κ3) is 3.00. The van der Waals surface area contributed by atoms with Crippen LogP contribution in [0.4, 0.5) is 5.69 Å². The maximum atomic E-state index is 5.93. The van der Waals surface area contributed by atoms with Gasteiger partial charge in [-0.3, -0.25) is 0 Å². The molecule has 1 aromatic heterocycles. The molecule has 1 nitrogen and oxygen atoms in total. The van der Waals surface area contributed by atoms with E-state index in [2.05, 4.69) is 40.3 Å². The van der Waals surface area contributed by atoms with Gasteiger partial charge in [0.05, 0.1) is 9.83 Å². The first-order valence-corrected chi connectivity index (χ1v) is 6.91. The van der Waals surface area contributed by atoms with E-state index >= 15 is 0 Å². The molecule has 1 unspecified atom stereocenters. The minimum atomic E-state index is 0.287. The fourth-order valence-corrected chi connectivity index (χ4v) is 3.08. The molecule has 0 amide bonds. The Hall–Kier alpha value is -0.510. The van der Waals surface area contributed by atoms with Crippen molar-refractivity contribution in [2.45, 2.75) is 13.0 Å². The second kappa shape index (κ2) is 5.21. The molecule has 0 aliphatic carbocycles.